The van der Waals surface area contributed by atoms with Gasteiger partial charge in [0.25, 0.3) is 0 Å². The standard InChI is InChI=1S/C26H25N3/c1-19-3-7-21(8-4-19)27-23-11-15-25(16-12-23)29-26-17-13-24(14-18-26)28-22-9-5-20(2)6-10-22/h3-18,27-29H,1-2H3. The summed E-state index contributed by atoms with van der Waals surface area (Å²) >= 11 is 0. The van der Waals surface area contributed by atoms with E-state index in [1.807, 2.05) is 0 Å². The summed E-state index contributed by atoms with van der Waals surface area (Å²) in [5.41, 5.74) is 8.94. The Bertz CT molecular complexity index is 960. The highest BCUT2D eigenvalue weighted by molar-refractivity contribution is 5.68. The van der Waals surface area contributed by atoms with Crippen LogP contribution in [-0.4, -0.2) is 0 Å². The number of aryl methyl sites for hydroxylation is 2. The molecule has 4 rings (SSSR count). The van der Waals surface area contributed by atoms with Crippen LogP contribution < -0.4 is 16.0 Å². The Labute approximate surface area is 172 Å². The third kappa shape index (κ3) is 5.17. The maximum atomic E-state index is 3.45. The molecule has 0 saturated heterocycles. The Morgan fingerprint density at radius 1 is 0.310 bits per heavy atom. The van der Waals surface area contributed by atoms with Crippen molar-refractivity contribution in [2.75, 3.05) is 16.0 Å². The van der Waals surface area contributed by atoms with Gasteiger partial charge in [-0.25, -0.2) is 0 Å². The van der Waals surface area contributed by atoms with Crippen molar-refractivity contribution in [1.82, 2.24) is 0 Å². The lowest BCUT2D eigenvalue weighted by Crippen LogP contribution is -1.94. The molecular weight excluding hydrogens is 354 g/mol. The molecule has 0 aromatic heterocycles. The molecule has 0 aliphatic rings. The number of hydrogen-bond acceptors (Lipinski definition) is 3. The summed E-state index contributed by atoms with van der Waals surface area (Å²) in [4.78, 5) is 0. The minimum absolute atomic E-state index is 1.05. The molecule has 3 nitrogen and oxygen atoms in total. The monoisotopic (exact) mass is 379 g/mol. The van der Waals surface area contributed by atoms with Crippen molar-refractivity contribution in [2.24, 2.45) is 0 Å². The van der Waals surface area contributed by atoms with Crippen molar-refractivity contribution in [1.29, 1.82) is 0 Å². The molecule has 0 aliphatic heterocycles. The zero-order chi connectivity index (χ0) is 20.1. The Kier molecular flexibility index (Phi) is 5.48. The first-order valence-electron chi connectivity index (χ1n) is 9.79. The minimum Gasteiger partial charge on any atom is -0.356 e. The molecule has 0 aliphatic carbocycles. The predicted molar refractivity (Wildman–Crippen MR) is 125 cm³/mol. The number of nitrogens with one attached hydrogen (secondary N) is 3. The summed E-state index contributed by atoms with van der Waals surface area (Å²) in [6.45, 7) is 4.19. The zero-order valence-electron chi connectivity index (χ0n) is 16.7. The highest BCUT2D eigenvalue weighted by atomic mass is 14.9. The molecule has 144 valence electrons. The highest BCUT2D eigenvalue weighted by Crippen LogP contribution is 2.24. The van der Waals surface area contributed by atoms with Crippen molar-refractivity contribution in [3.05, 3.63) is 108 Å². The molecule has 0 spiro atoms. The predicted octanol–water partition coefficient (Wildman–Crippen LogP) is 7.53. The summed E-state index contributed by atoms with van der Waals surface area (Å²) in [5.74, 6) is 0. The summed E-state index contributed by atoms with van der Waals surface area (Å²) in [6, 6.07) is 33.4. The second-order valence-electron chi connectivity index (χ2n) is 7.26. The first kappa shape index (κ1) is 18.6. The molecule has 0 saturated carbocycles. The summed E-state index contributed by atoms with van der Waals surface area (Å²) in [5, 5.41) is 10.3. The Morgan fingerprint density at radius 3 is 0.690 bits per heavy atom. The Morgan fingerprint density at radius 2 is 0.483 bits per heavy atom. The van der Waals surface area contributed by atoms with E-state index in [2.05, 4.69) is 127 Å². The average molecular weight is 380 g/mol. The van der Waals surface area contributed by atoms with Gasteiger partial charge in [-0.1, -0.05) is 35.4 Å². The van der Waals surface area contributed by atoms with Crippen LogP contribution in [0.5, 0.6) is 0 Å². The van der Waals surface area contributed by atoms with E-state index in [1.54, 1.807) is 0 Å². The molecule has 4 aromatic carbocycles. The first-order chi connectivity index (χ1) is 14.1. The summed E-state index contributed by atoms with van der Waals surface area (Å²) < 4.78 is 0. The topological polar surface area (TPSA) is 36.1 Å². The van der Waals surface area contributed by atoms with Gasteiger partial charge in [0, 0.05) is 34.1 Å². The van der Waals surface area contributed by atoms with Gasteiger partial charge in [0.1, 0.15) is 0 Å². The smallest absolute Gasteiger partial charge is 0.0385 e. The van der Waals surface area contributed by atoms with E-state index in [0.29, 0.717) is 0 Å². The van der Waals surface area contributed by atoms with Crippen LogP contribution in [0.2, 0.25) is 0 Å². The Balaban J connectivity index is 1.36. The number of rotatable bonds is 6. The van der Waals surface area contributed by atoms with Gasteiger partial charge in [0.15, 0.2) is 0 Å². The van der Waals surface area contributed by atoms with E-state index in [-0.39, 0.29) is 0 Å². The lowest BCUT2D eigenvalue weighted by molar-refractivity contribution is 1.45. The molecule has 29 heavy (non-hydrogen) atoms. The lowest BCUT2D eigenvalue weighted by atomic mass is 10.2. The van der Waals surface area contributed by atoms with Crippen LogP contribution in [-0.2, 0) is 0 Å². The van der Waals surface area contributed by atoms with Crippen molar-refractivity contribution in [3.63, 3.8) is 0 Å². The van der Waals surface area contributed by atoms with Gasteiger partial charge >= 0.3 is 0 Å². The van der Waals surface area contributed by atoms with Crippen LogP contribution >= 0.6 is 0 Å². The third-order valence-electron chi connectivity index (χ3n) is 4.74. The fourth-order valence-electron chi connectivity index (χ4n) is 3.05. The van der Waals surface area contributed by atoms with E-state index in [4.69, 9.17) is 0 Å². The maximum absolute atomic E-state index is 3.45. The molecule has 0 fully saturated rings. The molecule has 0 radical (unpaired) electrons. The van der Waals surface area contributed by atoms with Gasteiger partial charge in [-0.05, 0) is 86.6 Å². The normalized spacial score (nSPS) is 10.4. The second kappa shape index (κ2) is 8.53. The number of anilines is 6. The van der Waals surface area contributed by atoms with E-state index in [0.717, 1.165) is 34.1 Å². The van der Waals surface area contributed by atoms with Crippen LogP contribution in [0, 0.1) is 13.8 Å². The molecule has 4 aromatic rings. The molecule has 0 atom stereocenters. The minimum atomic E-state index is 1.05. The third-order valence-corrected chi connectivity index (χ3v) is 4.74. The van der Waals surface area contributed by atoms with Crippen LogP contribution in [0.15, 0.2) is 97.1 Å². The van der Waals surface area contributed by atoms with E-state index >= 15 is 0 Å². The van der Waals surface area contributed by atoms with Crippen molar-refractivity contribution in [3.8, 4) is 0 Å². The van der Waals surface area contributed by atoms with Gasteiger partial charge in [0.2, 0.25) is 0 Å². The van der Waals surface area contributed by atoms with Crippen molar-refractivity contribution < 1.29 is 0 Å². The maximum Gasteiger partial charge on any atom is 0.0385 e. The molecule has 3 N–H and O–H groups in total. The largest absolute Gasteiger partial charge is 0.356 e. The summed E-state index contributed by atoms with van der Waals surface area (Å²) in [7, 11) is 0. The SMILES string of the molecule is Cc1ccc(Nc2ccc(Nc3ccc(Nc4ccc(C)cc4)cc3)cc2)cc1. The van der Waals surface area contributed by atoms with Gasteiger partial charge in [-0.3, -0.25) is 0 Å². The first-order valence-corrected chi connectivity index (χ1v) is 9.79. The quantitative estimate of drug-likeness (QED) is 0.324. The fraction of sp³-hybridized carbons (Fsp3) is 0.0769. The molecule has 0 unspecified atom stereocenters. The highest BCUT2D eigenvalue weighted by Gasteiger charge is 1.99. The van der Waals surface area contributed by atoms with Crippen molar-refractivity contribution >= 4 is 34.1 Å². The fourth-order valence-corrected chi connectivity index (χ4v) is 3.05. The van der Waals surface area contributed by atoms with Crippen LogP contribution in [0.25, 0.3) is 0 Å². The Hall–Kier alpha value is -3.72. The van der Waals surface area contributed by atoms with Crippen LogP contribution in [0.4, 0.5) is 34.1 Å². The van der Waals surface area contributed by atoms with E-state index in [1.165, 1.54) is 11.1 Å². The van der Waals surface area contributed by atoms with Crippen LogP contribution in [0.3, 0.4) is 0 Å². The molecule has 0 heterocycles. The molecule has 0 amide bonds. The van der Waals surface area contributed by atoms with Gasteiger partial charge in [-0.2, -0.15) is 0 Å². The lowest BCUT2D eigenvalue weighted by Gasteiger charge is -2.11. The number of hydrogen-bond donors (Lipinski definition) is 3. The number of benzene rings is 4. The van der Waals surface area contributed by atoms with E-state index in [9.17, 15) is 0 Å². The van der Waals surface area contributed by atoms with Gasteiger partial charge < -0.3 is 16.0 Å². The molecule has 0 bridgehead atoms. The van der Waals surface area contributed by atoms with Crippen molar-refractivity contribution in [2.45, 2.75) is 13.8 Å². The molecule has 3 heteroatoms. The van der Waals surface area contributed by atoms with Crippen LogP contribution in [0.1, 0.15) is 11.1 Å². The summed E-state index contributed by atoms with van der Waals surface area (Å²) in [6.07, 6.45) is 0. The second-order valence-corrected chi connectivity index (χ2v) is 7.26. The average Bonchev–Trinajstić information content (AvgIpc) is 2.74. The van der Waals surface area contributed by atoms with E-state index < -0.39 is 0 Å². The van der Waals surface area contributed by atoms with Gasteiger partial charge in [-0.15, -0.1) is 0 Å². The zero-order valence-corrected chi connectivity index (χ0v) is 16.7. The van der Waals surface area contributed by atoms with Gasteiger partial charge in [0.05, 0.1) is 0 Å². The molecular formula is C26H25N3.